The van der Waals surface area contributed by atoms with Gasteiger partial charge in [0.25, 0.3) is 6.43 Å². The van der Waals surface area contributed by atoms with Crippen LogP contribution in [0.3, 0.4) is 0 Å². The number of hydrogen-bond acceptors (Lipinski definition) is 3. The van der Waals surface area contributed by atoms with Gasteiger partial charge in [-0.1, -0.05) is 15.9 Å². The zero-order valence-electron chi connectivity index (χ0n) is 7.71. The molecule has 0 aliphatic rings. The zero-order valence-corrected chi connectivity index (χ0v) is 9.29. The van der Waals surface area contributed by atoms with Gasteiger partial charge in [-0.2, -0.15) is 0 Å². The lowest BCUT2D eigenvalue weighted by atomic mass is 10.1. The van der Waals surface area contributed by atoms with E-state index >= 15 is 0 Å². The van der Waals surface area contributed by atoms with E-state index in [1.54, 1.807) is 0 Å². The van der Waals surface area contributed by atoms with Crippen LogP contribution in [0.4, 0.5) is 14.6 Å². The molecule has 0 aliphatic heterocycles. The first-order valence-corrected chi connectivity index (χ1v) is 5.08. The lowest BCUT2D eigenvalue weighted by molar-refractivity contribution is -0.391. The number of aryl methyl sites for hydroxylation is 1. The van der Waals surface area contributed by atoms with Gasteiger partial charge in [0.2, 0.25) is 0 Å². The molecule has 0 aliphatic carbocycles. The van der Waals surface area contributed by atoms with Crippen LogP contribution in [0.1, 0.15) is 23.2 Å². The second kappa shape index (κ2) is 4.61. The molecule has 0 aromatic carbocycles. The number of pyridine rings is 1. The molecule has 0 N–H and O–H groups in total. The van der Waals surface area contributed by atoms with Crippen molar-refractivity contribution in [3.8, 4) is 0 Å². The highest BCUT2D eigenvalue weighted by Gasteiger charge is 2.26. The van der Waals surface area contributed by atoms with E-state index in [4.69, 9.17) is 0 Å². The molecular formula is C8H7BrF2N2O2. The summed E-state index contributed by atoms with van der Waals surface area (Å²) in [6.45, 7) is 1.41. The molecule has 0 bridgehead atoms. The average molecular weight is 281 g/mol. The third-order valence-corrected chi connectivity index (χ3v) is 2.40. The summed E-state index contributed by atoms with van der Waals surface area (Å²) in [5, 5.41) is 10.8. The van der Waals surface area contributed by atoms with Crippen LogP contribution in [0.2, 0.25) is 0 Å². The van der Waals surface area contributed by atoms with Crippen molar-refractivity contribution in [2.24, 2.45) is 0 Å². The molecule has 1 heterocycles. The summed E-state index contributed by atoms with van der Waals surface area (Å²) in [7, 11) is 0. The summed E-state index contributed by atoms with van der Waals surface area (Å²) < 4.78 is 25.1. The number of halogens is 3. The number of alkyl halides is 3. The molecule has 1 aromatic heterocycles. The minimum Gasteiger partial charge on any atom is -0.358 e. The number of nitro groups is 1. The van der Waals surface area contributed by atoms with Gasteiger partial charge in [0.1, 0.15) is 5.56 Å². The van der Waals surface area contributed by atoms with Crippen molar-refractivity contribution in [1.29, 1.82) is 0 Å². The Morgan fingerprint density at radius 3 is 2.67 bits per heavy atom. The highest BCUT2D eigenvalue weighted by Crippen LogP contribution is 2.31. The Morgan fingerprint density at radius 2 is 2.27 bits per heavy atom. The molecule has 0 fully saturated rings. The molecule has 0 unspecified atom stereocenters. The van der Waals surface area contributed by atoms with Crippen molar-refractivity contribution in [3.63, 3.8) is 0 Å². The van der Waals surface area contributed by atoms with Crippen molar-refractivity contribution >= 4 is 21.7 Å². The fourth-order valence-corrected chi connectivity index (χ4v) is 1.50. The van der Waals surface area contributed by atoms with Crippen molar-refractivity contribution in [1.82, 2.24) is 4.98 Å². The van der Waals surface area contributed by atoms with Crippen LogP contribution in [0, 0.1) is 17.0 Å². The first-order chi connectivity index (χ1) is 6.97. The van der Waals surface area contributed by atoms with Crippen LogP contribution in [0.5, 0.6) is 0 Å². The van der Waals surface area contributed by atoms with E-state index in [1.807, 2.05) is 0 Å². The summed E-state index contributed by atoms with van der Waals surface area (Å²) >= 11 is 3.06. The van der Waals surface area contributed by atoms with E-state index in [1.165, 1.54) is 13.0 Å². The molecule has 15 heavy (non-hydrogen) atoms. The second-order valence-electron chi connectivity index (χ2n) is 2.86. The van der Waals surface area contributed by atoms with E-state index in [2.05, 4.69) is 20.9 Å². The normalized spacial score (nSPS) is 10.7. The molecule has 82 valence electrons. The van der Waals surface area contributed by atoms with Crippen LogP contribution in [-0.2, 0) is 5.33 Å². The van der Waals surface area contributed by atoms with Crippen molar-refractivity contribution in [2.45, 2.75) is 18.7 Å². The smallest absolute Gasteiger partial charge is 0.358 e. The minimum absolute atomic E-state index is 0.182. The molecule has 1 aromatic rings. The second-order valence-corrected chi connectivity index (χ2v) is 3.42. The monoisotopic (exact) mass is 280 g/mol. The van der Waals surface area contributed by atoms with Gasteiger partial charge < -0.3 is 10.1 Å². The minimum atomic E-state index is -2.89. The van der Waals surface area contributed by atoms with Gasteiger partial charge in [0.05, 0.1) is 5.33 Å². The van der Waals surface area contributed by atoms with Gasteiger partial charge in [-0.05, 0) is 28.5 Å². The summed E-state index contributed by atoms with van der Waals surface area (Å²) in [4.78, 5) is 13.2. The number of hydrogen-bond donors (Lipinski definition) is 0. The molecule has 4 nitrogen and oxygen atoms in total. The number of nitrogens with zero attached hydrogens (tertiary/aromatic N) is 2. The molecule has 0 saturated heterocycles. The number of aromatic nitrogens is 1. The van der Waals surface area contributed by atoms with Crippen LogP contribution in [0.15, 0.2) is 6.07 Å². The summed E-state index contributed by atoms with van der Waals surface area (Å²) in [5.74, 6) is -0.764. The maximum absolute atomic E-state index is 12.5. The highest BCUT2D eigenvalue weighted by atomic mass is 79.9. The fourth-order valence-electron chi connectivity index (χ4n) is 1.21. The lowest BCUT2D eigenvalue weighted by Gasteiger charge is -2.05. The third kappa shape index (κ3) is 2.47. The fraction of sp³-hybridized carbons (Fsp3) is 0.375. The van der Waals surface area contributed by atoms with Gasteiger partial charge >= 0.3 is 5.82 Å². The van der Waals surface area contributed by atoms with Crippen LogP contribution in [-0.4, -0.2) is 9.91 Å². The Labute approximate surface area is 92.6 Å². The van der Waals surface area contributed by atoms with Crippen molar-refractivity contribution in [3.05, 3.63) is 33.0 Å². The van der Waals surface area contributed by atoms with Crippen molar-refractivity contribution in [2.75, 3.05) is 0 Å². The average Bonchev–Trinajstić information content (AvgIpc) is 2.15. The maximum Gasteiger partial charge on any atom is 0.372 e. The number of rotatable bonds is 3. The Kier molecular flexibility index (Phi) is 3.67. The van der Waals surface area contributed by atoms with E-state index in [0.717, 1.165) is 0 Å². The quantitative estimate of drug-likeness (QED) is 0.486. The molecule has 0 saturated carbocycles. The predicted molar refractivity (Wildman–Crippen MR) is 53.2 cm³/mol. The third-order valence-electron chi connectivity index (χ3n) is 1.83. The van der Waals surface area contributed by atoms with Crippen LogP contribution >= 0.6 is 15.9 Å². The van der Waals surface area contributed by atoms with Gasteiger partial charge in [-0.3, -0.25) is 0 Å². The summed E-state index contributed by atoms with van der Waals surface area (Å²) in [6.07, 6.45) is -2.89. The first-order valence-electron chi connectivity index (χ1n) is 3.96. The Morgan fingerprint density at radius 1 is 1.67 bits per heavy atom. The molecule has 7 heteroatoms. The van der Waals surface area contributed by atoms with E-state index in [0.29, 0.717) is 5.69 Å². The Balaban J connectivity index is 3.42. The van der Waals surface area contributed by atoms with Gasteiger partial charge in [0.15, 0.2) is 5.69 Å². The Bertz CT molecular complexity index is 398. The molecule has 0 atom stereocenters. The van der Waals surface area contributed by atoms with Gasteiger partial charge in [-0.15, -0.1) is 0 Å². The predicted octanol–water partition coefficient (Wildman–Crippen LogP) is 3.13. The van der Waals surface area contributed by atoms with Gasteiger partial charge in [0, 0.05) is 0 Å². The largest absolute Gasteiger partial charge is 0.372 e. The standard InChI is InChI=1S/C8H7BrF2N2O2/c1-4-2-5(3-9)12-8(13(14)15)6(4)7(10)11/h2,7H,3H2,1H3. The molecule has 1 rings (SSSR count). The summed E-state index contributed by atoms with van der Waals surface area (Å²) in [5.41, 5.74) is -0.0607. The SMILES string of the molecule is Cc1cc(CBr)nc([N+](=O)[O-])c1C(F)F. The van der Waals surface area contributed by atoms with Gasteiger partial charge in [-0.25, -0.2) is 8.78 Å². The highest BCUT2D eigenvalue weighted by molar-refractivity contribution is 9.08. The van der Waals surface area contributed by atoms with E-state index in [-0.39, 0.29) is 10.9 Å². The van der Waals surface area contributed by atoms with Crippen molar-refractivity contribution < 1.29 is 13.7 Å². The molecule has 0 radical (unpaired) electrons. The molecule has 0 spiro atoms. The van der Waals surface area contributed by atoms with E-state index in [9.17, 15) is 18.9 Å². The van der Waals surface area contributed by atoms with E-state index < -0.39 is 22.7 Å². The topological polar surface area (TPSA) is 56.0 Å². The Hall–Kier alpha value is -1.11. The maximum atomic E-state index is 12.5. The van der Waals surface area contributed by atoms with Crippen LogP contribution < -0.4 is 0 Å². The molecular weight excluding hydrogens is 274 g/mol. The van der Waals surface area contributed by atoms with Crippen LogP contribution in [0.25, 0.3) is 0 Å². The molecule has 0 amide bonds. The lowest BCUT2D eigenvalue weighted by Crippen LogP contribution is -2.04. The summed E-state index contributed by atoms with van der Waals surface area (Å²) in [6, 6.07) is 1.41. The zero-order chi connectivity index (χ0) is 11.6. The first kappa shape index (κ1) is 12.0.